The van der Waals surface area contributed by atoms with Crippen LogP contribution in [0.15, 0.2) is 53.9 Å². The van der Waals surface area contributed by atoms with Gasteiger partial charge in [-0.1, -0.05) is 42.0 Å². The Morgan fingerprint density at radius 3 is 2.21 bits per heavy atom. The summed E-state index contributed by atoms with van der Waals surface area (Å²) in [5, 5.41) is 12.3. The predicted molar refractivity (Wildman–Crippen MR) is 112 cm³/mol. The van der Waals surface area contributed by atoms with Gasteiger partial charge in [0.2, 0.25) is 0 Å². The number of quaternary nitrogens is 2. The maximum Gasteiger partial charge on any atom is 0.127 e. The molecule has 5 heteroatoms. The zero-order chi connectivity index (χ0) is 19.3. The fourth-order valence-corrected chi connectivity index (χ4v) is 4.60. The highest BCUT2D eigenvalue weighted by atomic mass is 32.1. The molecule has 4 rings (SSSR count). The first-order valence-electron chi connectivity index (χ1n) is 9.87. The summed E-state index contributed by atoms with van der Waals surface area (Å²) in [5.41, 5.74) is 5.77. The quantitative estimate of drug-likeness (QED) is 0.693. The number of hydrogen-bond acceptors (Lipinski definition) is 3. The highest BCUT2D eigenvalue weighted by Gasteiger charge is 2.24. The van der Waals surface area contributed by atoms with Gasteiger partial charge in [0.1, 0.15) is 50.0 Å². The van der Waals surface area contributed by atoms with Crippen molar-refractivity contribution in [2.75, 3.05) is 26.2 Å². The van der Waals surface area contributed by atoms with E-state index in [1.165, 1.54) is 48.6 Å². The van der Waals surface area contributed by atoms with E-state index < -0.39 is 0 Å². The van der Waals surface area contributed by atoms with Crippen molar-refractivity contribution >= 4 is 11.3 Å². The molecule has 1 aromatic heterocycles. The normalized spacial score (nSPS) is 19.3. The SMILES string of the molecule is Cc1ccc(-c2nc(C[NH+]3CC[NH+](Cc4ccc(C#N)cc4)CC3)cs2)cc1. The van der Waals surface area contributed by atoms with Crippen LogP contribution in [0.25, 0.3) is 10.6 Å². The molecule has 0 unspecified atom stereocenters. The molecule has 0 radical (unpaired) electrons. The lowest BCUT2D eigenvalue weighted by atomic mass is 10.1. The van der Waals surface area contributed by atoms with Crippen LogP contribution in [0.5, 0.6) is 0 Å². The minimum absolute atomic E-state index is 0.737. The Kier molecular flexibility index (Phi) is 5.82. The van der Waals surface area contributed by atoms with E-state index in [0.717, 1.165) is 23.7 Å². The van der Waals surface area contributed by atoms with Crippen LogP contribution in [0.4, 0.5) is 0 Å². The molecular weight excluding hydrogens is 364 g/mol. The maximum absolute atomic E-state index is 8.92. The second kappa shape index (κ2) is 8.66. The molecule has 0 bridgehead atoms. The van der Waals surface area contributed by atoms with Gasteiger partial charge in [0, 0.05) is 16.5 Å². The second-order valence-corrected chi connectivity index (χ2v) is 8.53. The number of nitrogens with zero attached hydrogens (tertiary/aromatic N) is 2. The van der Waals surface area contributed by atoms with E-state index >= 15 is 0 Å². The predicted octanol–water partition coefficient (Wildman–Crippen LogP) is 1.47. The Morgan fingerprint density at radius 1 is 0.929 bits per heavy atom. The van der Waals surface area contributed by atoms with Crippen molar-refractivity contribution < 1.29 is 9.80 Å². The van der Waals surface area contributed by atoms with Crippen molar-refractivity contribution in [3.8, 4) is 16.6 Å². The third kappa shape index (κ3) is 4.66. The smallest absolute Gasteiger partial charge is 0.127 e. The highest BCUT2D eigenvalue weighted by molar-refractivity contribution is 7.13. The molecule has 0 amide bonds. The van der Waals surface area contributed by atoms with Crippen molar-refractivity contribution in [1.29, 1.82) is 5.26 Å². The van der Waals surface area contributed by atoms with Gasteiger partial charge in [-0.15, -0.1) is 11.3 Å². The molecule has 3 aromatic rings. The van der Waals surface area contributed by atoms with Crippen molar-refractivity contribution in [2.24, 2.45) is 0 Å². The Hall–Kier alpha value is -2.52. The maximum atomic E-state index is 8.92. The van der Waals surface area contributed by atoms with E-state index in [4.69, 9.17) is 10.2 Å². The molecule has 2 aromatic carbocycles. The number of aryl methyl sites for hydroxylation is 1. The number of hydrogen-bond donors (Lipinski definition) is 2. The average Bonchev–Trinajstić information content (AvgIpc) is 3.19. The van der Waals surface area contributed by atoms with E-state index in [1.54, 1.807) is 21.1 Å². The molecule has 1 aliphatic heterocycles. The summed E-state index contributed by atoms with van der Waals surface area (Å²) in [5.74, 6) is 0. The zero-order valence-corrected chi connectivity index (χ0v) is 17.1. The number of rotatable bonds is 5. The molecule has 0 spiro atoms. The first-order chi connectivity index (χ1) is 13.7. The summed E-state index contributed by atoms with van der Waals surface area (Å²) >= 11 is 1.75. The van der Waals surface area contributed by atoms with Gasteiger partial charge in [0.05, 0.1) is 11.6 Å². The van der Waals surface area contributed by atoms with Gasteiger partial charge in [0.15, 0.2) is 0 Å². The Morgan fingerprint density at radius 2 is 1.57 bits per heavy atom. The lowest BCUT2D eigenvalue weighted by molar-refractivity contribution is -1.02. The highest BCUT2D eigenvalue weighted by Crippen LogP contribution is 2.23. The van der Waals surface area contributed by atoms with Crippen LogP contribution in [-0.4, -0.2) is 31.2 Å². The van der Waals surface area contributed by atoms with Crippen molar-refractivity contribution in [2.45, 2.75) is 20.0 Å². The van der Waals surface area contributed by atoms with Crippen LogP contribution in [0.3, 0.4) is 0 Å². The number of piperazine rings is 1. The summed E-state index contributed by atoms with van der Waals surface area (Å²) in [7, 11) is 0. The van der Waals surface area contributed by atoms with Crippen LogP contribution in [0.2, 0.25) is 0 Å². The Labute approximate surface area is 170 Å². The molecule has 142 valence electrons. The molecule has 0 saturated carbocycles. The van der Waals surface area contributed by atoms with Gasteiger partial charge in [0.25, 0.3) is 0 Å². The topological polar surface area (TPSA) is 45.6 Å². The van der Waals surface area contributed by atoms with Crippen molar-refractivity contribution in [3.63, 3.8) is 0 Å². The van der Waals surface area contributed by atoms with Gasteiger partial charge in [-0.05, 0) is 19.1 Å². The van der Waals surface area contributed by atoms with E-state index in [-0.39, 0.29) is 0 Å². The van der Waals surface area contributed by atoms with Gasteiger partial charge in [-0.2, -0.15) is 5.26 Å². The van der Waals surface area contributed by atoms with Gasteiger partial charge in [-0.25, -0.2) is 4.98 Å². The fraction of sp³-hybridized carbons (Fsp3) is 0.304. The molecule has 2 heterocycles. The lowest BCUT2D eigenvalue weighted by Gasteiger charge is -2.29. The minimum atomic E-state index is 0.737. The van der Waals surface area contributed by atoms with E-state index in [2.05, 4.69) is 54.8 Å². The number of benzene rings is 2. The third-order valence-electron chi connectivity index (χ3n) is 5.48. The number of aromatic nitrogens is 1. The molecule has 28 heavy (non-hydrogen) atoms. The van der Waals surface area contributed by atoms with Crippen molar-refractivity contribution in [3.05, 3.63) is 76.3 Å². The standard InChI is InChI=1S/C23H24N4S/c1-18-2-8-21(9-3-18)23-25-22(17-28-23)16-27-12-10-26(11-13-27)15-20-6-4-19(14-24)5-7-20/h2-9,17H,10-13,15-16H2,1H3/p+2. The zero-order valence-electron chi connectivity index (χ0n) is 16.2. The monoisotopic (exact) mass is 390 g/mol. The number of nitriles is 1. The molecular formula is C23H26N4S+2. The van der Waals surface area contributed by atoms with Gasteiger partial charge in [-0.3, -0.25) is 0 Å². The van der Waals surface area contributed by atoms with Crippen LogP contribution < -0.4 is 9.80 Å². The third-order valence-corrected chi connectivity index (χ3v) is 6.42. The van der Waals surface area contributed by atoms with Crippen LogP contribution in [0.1, 0.15) is 22.4 Å². The van der Waals surface area contributed by atoms with Crippen LogP contribution >= 0.6 is 11.3 Å². The average molecular weight is 391 g/mol. The molecule has 1 aliphatic rings. The van der Waals surface area contributed by atoms with Crippen LogP contribution in [-0.2, 0) is 13.1 Å². The first-order valence-corrected chi connectivity index (χ1v) is 10.8. The van der Waals surface area contributed by atoms with Gasteiger partial charge >= 0.3 is 0 Å². The fourth-order valence-electron chi connectivity index (χ4n) is 3.77. The number of nitrogens with one attached hydrogen (secondary N) is 2. The summed E-state index contributed by atoms with van der Waals surface area (Å²) in [6.07, 6.45) is 0. The molecule has 2 N–H and O–H groups in total. The largest absolute Gasteiger partial charge is 0.322 e. The van der Waals surface area contributed by atoms with E-state index in [1.807, 2.05) is 12.1 Å². The van der Waals surface area contributed by atoms with Crippen LogP contribution in [0, 0.1) is 18.3 Å². The summed E-state index contributed by atoms with van der Waals surface area (Å²) in [4.78, 5) is 8.13. The molecule has 0 aliphatic carbocycles. The number of thiazole rings is 1. The Bertz CT molecular complexity index is 946. The van der Waals surface area contributed by atoms with Gasteiger partial charge < -0.3 is 9.80 Å². The molecule has 0 atom stereocenters. The van der Waals surface area contributed by atoms with Crippen molar-refractivity contribution in [1.82, 2.24) is 4.98 Å². The summed E-state index contributed by atoms with van der Waals surface area (Å²) in [6.45, 7) is 8.92. The molecule has 1 fully saturated rings. The van der Waals surface area contributed by atoms with E-state index in [9.17, 15) is 0 Å². The van der Waals surface area contributed by atoms with E-state index in [0.29, 0.717) is 0 Å². The summed E-state index contributed by atoms with van der Waals surface area (Å²) in [6, 6.07) is 18.8. The first kappa shape index (κ1) is 18.8. The minimum Gasteiger partial charge on any atom is -0.322 e. The molecule has 4 nitrogen and oxygen atoms in total. The lowest BCUT2D eigenvalue weighted by Crippen LogP contribution is -3.27. The molecule has 1 saturated heterocycles. The summed E-state index contributed by atoms with van der Waals surface area (Å²) < 4.78 is 0. The Balaban J connectivity index is 1.28. The second-order valence-electron chi connectivity index (χ2n) is 7.67.